The maximum Gasteiger partial charge on any atom is 0.179 e. The summed E-state index contributed by atoms with van der Waals surface area (Å²) < 4.78 is 14.7. The molecule has 0 heterocycles. The van der Waals surface area contributed by atoms with Gasteiger partial charge >= 0.3 is 0 Å². The standard InChI is InChI=1S/C26H31O2P/c1-6-8-15-22(20-21(3)26(4,5)27)25(7-2)29(28,23-16-11-9-12-17-23)24-18-13-10-14-19-24/h9-14,16-19,27H,2,6,8,15H2,1,3-5H3. The van der Waals surface area contributed by atoms with Gasteiger partial charge in [-0.2, -0.15) is 0 Å². The van der Waals surface area contributed by atoms with Crippen LogP contribution in [0.3, 0.4) is 0 Å². The van der Waals surface area contributed by atoms with Crippen LogP contribution in [-0.2, 0) is 4.57 Å². The van der Waals surface area contributed by atoms with Crippen molar-refractivity contribution >= 4 is 17.8 Å². The van der Waals surface area contributed by atoms with Crippen LogP contribution >= 0.6 is 7.14 Å². The summed E-state index contributed by atoms with van der Waals surface area (Å²) in [6, 6.07) is 19.0. The third-order valence-corrected chi connectivity index (χ3v) is 8.15. The Balaban J connectivity index is 2.84. The lowest BCUT2D eigenvalue weighted by Crippen LogP contribution is -2.20. The Kier molecular flexibility index (Phi) is 7.86. The number of allylic oxidation sites excluding steroid dienone is 1. The first-order valence-electron chi connectivity index (χ1n) is 10.1. The van der Waals surface area contributed by atoms with E-state index in [1.54, 1.807) is 13.8 Å². The van der Waals surface area contributed by atoms with Gasteiger partial charge in [-0.05, 0) is 39.2 Å². The summed E-state index contributed by atoms with van der Waals surface area (Å²) in [7, 11) is -3.19. The highest BCUT2D eigenvalue weighted by Gasteiger charge is 2.34. The zero-order valence-corrected chi connectivity index (χ0v) is 18.8. The van der Waals surface area contributed by atoms with Gasteiger partial charge < -0.3 is 9.67 Å². The van der Waals surface area contributed by atoms with Gasteiger partial charge in [-0.1, -0.05) is 80.6 Å². The van der Waals surface area contributed by atoms with E-state index in [9.17, 15) is 9.67 Å². The third-order valence-electron chi connectivity index (χ3n) is 5.04. The second-order valence-corrected chi connectivity index (χ2v) is 10.4. The molecule has 0 amide bonds. The van der Waals surface area contributed by atoms with Gasteiger partial charge in [0.15, 0.2) is 7.14 Å². The van der Waals surface area contributed by atoms with Crippen molar-refractivity contribution in [1.82, 2.24) is 0 Å². The van der Waals surface area contributed by atoms with E-state index in [1.165, 1.54) is 0 Å². The van der Waals surface area contributed by atoms with Gasteiger partial charge in [-0.25, -0.2) is 0 Å². The Morgan fingerprint density at radius 2 is 1.52 bits per heavy atom. The molecule has 0 atom stereocenters. The minimum atomic E-state index is -3.19. The van der Waals surface area contributed by atoms with Crippen molar-refractivity contribution in [2.45, 2.75) is 52.6 Å². The summed E-state index contributed by atoms with van der Waals surface area (Å²) >= 11 is 0. The molecule has 2 aromatic rings. The average molecular weight is 407 g/mol. The number of unbranched alkanes of at least 4 members (excludes halogenated alkanes) is 1. The van der Waals surface area contributed by atoms with Crippen LogP contribution in [0.4, 0.5) is 0 Å². The fourth-order valence-corrected chi connectivity index (χ4v) is 5.83. The minimum Gasteiger partial charge on any atom is -0.385 e. The van der Waals surface area contributed by atoms with E-state index < -0.39 is 12.7 Å². The van der Waals surface area contributed by atoms with Crippen LogP contribution in [0.2, 0.25) is 0 Å². The van der Waals surface area contributed by atoms with Gasteiger partial charge in [-0.3, -0.25) is 0 Å². The molecular weight excluding hydrogens is 375 g/mol. The van der Waals surface area contributed by atoms with Gasteiger partial charge in [-0.15, -0.1) is 11.5 Å². The van der Waals surface area contributed by atoms with Crippen LogP contribution in [0.1, 0.15) is 47.0 Å². The van der Waals surface area contributed by atoms with Crippen molar-refractivity contribution in [3.63, 3.8) is 0 Å². The Morgan fingerprint density at radius 1 is 1.03 bits per heavy atom. The summed E-state index contributed by atoms with van der Waals surface area (Å²) in [5.41, 5.74) is 6.87. The first-order chi connectivity index (χ1) is 13.7. The molecule has 3 heteroatoms. The molecule has 0 spiro atoms. The monoisotopic (exact) mass is 406 g/mol. The predicted octanol–water partition coefficient (Wildman–Crippen LogP) is 6.10. The molecule has 0 aliphatic heterocycles. The Bertz CT molecular complexity index is 939. The molecule has 0 aliphatic carbocycles. The van der Waals surface area contributed by atoms with Crippen LogP contribution in [0, 0.1) is 0 Å². The van der Waals surface area contributed by atoms with Crippen molar-refractivity contribution in [3.05, 3.63) is 95.2 Å². The van der Waals surface area contributed by atoms with Crippen molar-refractivity contribution < 1.29 is 9.67 Å². The molecule has 2 nitrogen and oxygen atoms in total. The predicted molar refractivity (Wildman–Crippen MR) is 124 cm³/mol. The van der Waals surface area contributed by atoms with E-state index in [2.05, 4.69) is 25.0 Å². The minimum absolute atomic E-state index is 0.576. The summed E-state index contributed by atoms with van der Waals surface area (Å²) in [4.78, 5) is 0. The van der Waals surface area contributed by atoms with E-state index in [4.69, 9.17) is 0 Å². The molecule has 0 saturated carbocycles. The maximum absolute atomic E-state index is 14.7. The van der Waals surface area contributed by atoms with E-state index >= 15 is 0 Å². The molecule has 0 aromatic heterocycles. The lowest BCUT2D eigenvalue weighted by Gasteiger charge is -2.23. The first-order valence-corrected chi connectivity index (χ1v) is 11.8. The van der Waals surface area contributed by atoms with Crippen LogP contribution in [0.25, 0.3) is 0 Å². The van der Waals surface area contributed by atoms with Gasteiger partial charge in [0.1, 0.15) is 0 Å². The largest absolute Gasteiger partial charge is 0.385 e. The van der Waals surface area contributed by atoms with Crippen molar-refractivity contribution in [2.75, 3.05) is 0 Å². The van der Waals surface area contributed by atoms with Crippen LogP contribution in [0.5, 0.6) is 0 Å². The summed E-state index contributed by atoms with van der Waals surface area (Å²) in [6.45, 7) is 11.3. The molecule has 0 bridgehead atoms. The zero-order valence-electron chi connectivity index (χ0n) is 17.9. The van der Waals surface area contributed by atoms with Crippen LogP contribution in [-0.4, -0.2) is 10.7 Å². The molecular formula is C26H31O2P. The quantitative estimate of drug-likeness (QED) is 0.327. The molecule has 29 heavy (non-hydrogen) atoms. The van der Waals surface area contributed by atoms with Crippen LogP contribution in [0.15, 0.2) is 95.2 Å². The fourth-order valence-electron chi connectivity index (χ4n) is 3.06. The van der Waals surface area contributed by atoms with Gasteiger partial charge in [0.05, 0.1) is 10.9 Å². The Hall–Kier alpha value is -2.33. The molecule has 0 aliphatic rings. The second kappa shape index (κ2) is 9.93. The normalized spacial score (nSPS) is 11.3. The van der Waals surface area contributed by atoms with Crippen molar-refractivity contribution in [3.8, 4) is 0 Å². The van der Waals surface area contributed by atoms with Gasteiger partial charge in [0, 0.05) is 16.2 Å². The topological polar surface area (TPSA) is 37.3 Å². The summed E-state index contributed by atoms with van der Waals surface area (Å²) in [5, 5.41) is 12.5. The highest BCUT2D eigenvalue weighted by molar-refractivity contribution is 7.82. The van der Waals surface area contributed by atoms with E-state index in [0.717, 1.165) is 29.0 Å². The third kappa shape index (κ3) is 5.39. The number of rotatable bonds is 8. The Labute approximate surface area is 175 Å². The van der Waals surface area contributed by atoms with E-state index in [1.807, 2.05) is 67.6 Å². The molecule has 2 aromatic carbocycles. The lowest BCUT2D eigenvalue weighted by molar-refractivity contribution is 0.120. The molecule has 0 radical (unpaired) electrons. The average Bonchev–Trinajstić information content (AvgIpc) is 2.72. The zero-order chi connectivity index (χ0) is 21.5. The number of benzene rings is 2. The fraction of sp³-hybridized carbons (Fsp3) is 0.308. The molecule has 152 valence electrons. The maximum atomic E-state index is 14.7. The highest BCUT2D eigenvalue weighted by atomic mass is 31.2. The Morgan fingerprint density at radius 3 is 1.90 bits per heavy atom. The summed E-state index contributed by atoms with van der Waals surface area (Å²) in [6.07, 6.45) is 2.62. The number of hydrogen-bond donors (Lipinski definition) is 1. The van der Waals surface area contributed by atoms with Crippen molar-refractivity contribution in [2.24, 2.45) is 0 Å². The summed E-state index contributed by atoms with van der Waals surface area (Å²) in [5.74, 6) is 0. The lowest BCUT2D eigenvalue weighted by atomic mass is 9.98. The molecule has 0 fully saturated rings. The van der Waals surface area contributed by atoms with E-state index in [0.29, 0.717) is 17.3 Å². The first kappa shape index (κ1) is 23.0. The van der Waals surface area contributed by atoms with Gasteiger partial charge in [0.2, 0.25) is 0 Å². The second-order valence-electron chi connectivity index (χ2n) is 7.70. The number of aliphatic hydroxyl groups is 1. The SMILES string of the molecule is C=C=C(C(=C=C(C)C(C)(C)O)CCCC)P(=O)(c1ccccc1)c1ccccc1. The molecule has 2 rings (SSSR count). The van der Waals surface area contributed by atoms with Crippen LogP contribution < -0.4 is 10.6 Å². The molecule has 0 saturated heterocycles. The highest BCUT2D eigenvalue weighted by Crippen LogP contribution is 2.54. The molecule has 0 unspecified atom stereocenters. The van der Waals surface area contributed by atoms with Crippen molar-refractivity contribution in [1.29, 1.82) is 0 Å². The molecule has 1 N–H and O–H groups in total. The number of hydrogen-bond acceptors (Lipinski definition) is 2. The van der Waals surface area contributed by atoms with E-state index in [-0.39, 0.29) is 0 Å². The van der Waals surface area contributed by atoms with Gasteiger partial charge in [0.25, 0.3) is 0 Å². The smallest absolute Gasteiger partial charge is 0.179 e.